The second-order valence-corrected chi connectivity index (χ2v) is 7.83. The molecule has 0 aliphatic heterocycles. The van der Waals surface area contributed by atoms with Gasteiger partial charge in [0, 0.05) is 10.9 Å². The Morgan fingerprint density at radius 2 is 1.57 bits per heavy atom. The van der Waals surface area contributed by atoms with Crippen molar-refractivity contribution in [3.63, 3.8) is 0 Å². The van der Waals surface area contributed by atoms with Crippen molar-refractivity contribution in [2.75, 3.05) is 0 Å². The first-order chi connectivity index (χ1) is 14.6. The van der Waals surface area contributed by atoms with E-state index in [4.69, 9.17) is 0 Å². The summed E-state index contributed by atoms with van der Waals surface area (Å²) in [4.78, 5) is 4.68. The van der Waals surface area contributed by atoms with Crippen LogP contribution in [0.3, 0.4) is 0 Å². The zero-order chi connectivity index (χ0) is 20.7. The van der Waals surface area contributed by atoms with E-state index in [0.29, 0.717) is 16.4 Å². The van der Waals surface area contributed by atoms with Gasteiger partial charge in [-0.15, -0.1) is 11.3 Å². The number of hydrogen-bond donors (Lipinski definition) is 1. The van der Waals surface area contributed by atoms with Crippen LogP contribution in [0, 0.1) is 13.8 Å². The Morgan fingerprint density at radius 1 is 0.867 bits per heavy atom. The summed E-state index contributed by atoms with van der Waals surface area (Å²) in [6.07, 6.45) is 0. The van der Waals surface area contributed by atoms with E-state index < -0.39 is 0 Å². The molecule has 148 valence electrons. The van der Waals surface area contributed by atoms with Crippen LogP contribution in [0.25, 0.3) is 33.3 Å². The van der Waals surface area contributed by atoms with Crippen molar-refractivity contribution in [1.82, 2.24) is 24.5 Å². The molecule has 0 spiro atoms. The van der Waals surface area contributed by atoms with Crippen LogP contribution in [0.4, 0.5) is 0 Å². The zero-order valence-electron chi connectivity index (χ0n) is 16.5. The van der Waals surface area contributed by atoms with Gasteiger partial charge in [-0.3, -0.25) is 0 Å². The molecule has 0 saturated carbocycles. The first kappa shape index (κ1) is 18.3. The van der Waals surface area contributed by atoms with Crippen LogP contribution in [-0.4, -0.2) is 29.7 Å². The molecule has 3 heterocycles. The predicted octanol–water partition coefficient (Wildman–Crippen LogP) is 5.17. The molecule has 0 radical (unpaired) electrons. The maximum absolute atomic E-state index is 11.1. The molecule has 30 heavy (non-hydrogen) atoms. The Labute approximate surface area is 177 Å². The third-order valence-electron chi connectivity index (χ3n) is 4.87. The molecule has 5 rings (SSSR count). The maximum Gasteiger partial charge on any atom is 0.226 e. The molecular formula is C23H19N5OS. The normalized spacial score (nSPS) is 11.1. The molecular weight excluding hydrogens is 394 g/mol. The van der Waals surface area contributed by atoms with Crippen LogP contribution in [0.2, 0.25) is 0 Å². The van der Waals surface area contributed by atoms with Crippen molar-refractivity contribution in [3.05, 3.63) is 83.5 Å². The Morgan fingerprint density at radius 3 is 2.30 bits per heavy atom. The van der Waals surface area contributed by atoms with Gasteiger partial charge in [0.1, 0.15) is 0 Å². The number of aryl methyl sites for hydroxylation is 2. The smallest absolute Gasteiger partial charge is 0.226 e. The van der Waals surface area contributed by atoms with Gasteiger partial charge in [0.2, 0.25) is 11.0 Å². The van der Waals surface area contributed by atoms with Gasteiger partial charge in [0.05, 0.1) is 34.0 Å². The number of para-hydroxylation sites is 1. The molecule has 0 unspecified atom stereocenters. The lowest BCUT2D eigenvalue weighted by Gasteiger charge is -2.07. The Balaban J connectivity index is 1.61. The van der Waals surface area contributed by atoms with Gasteiger partial charge in [-0.25, -0.2) is 9.67 Å². The van der Waals surface area contributed by atoms with Crippen LogP contribution in [0.15, 0.2) is 72.1 Å². The summed E-state index contributed by atoms with van der Waals surface area (Å²) in [6.45, 7) is 3.82. The summed E-state index contributed by atoms with van der Waals surface area (Å²) in [7, 11) is 0. The highest BCUT2D eigenvalue weighted by molar-refractivity contribution is 7.12. The lowest BCUT2D eigenvalue weighted by atomic mass is 10.1. The zero-order valence-corrected chi connectivity index (χ0v) is 17.3. The van der Waals surface area contributed by atoms with Gasteiger partial charge in [-0.2, -0.15) is 14.9 Å². The fraction of sp³-hybridized carbons (Fsp3) is 0.0870. The van der Waals surface area contributed by atoms with Crippen molar-refractivity contribution in [2.24, 2.45) is 0 Å². The first-order valence-electron chi connectivity index (χ1n) is 9.54. The van der Waals surface area contributed by atoms with E-state index in [1.165, 1.54) is 16.0 Å². The van der Waals surface area contributed by atoms with Crippen molar-refractivity contribution in [3.8, 4) is 39.2 Å². The van der Waals surface area contributed by atoms with Gasteiger partial charge < -0.3 is 5.11 Å². The van der Waals surface area contributed by atoms with Crippen LogP contribution in [0.5, 0.6) is 5.88 Å². The highest BCUT2D eigenvalue weighted by atomic mass is 32.1. The van der Waals surface area contributed by atoms with Crippen molar-refractivity contribution in [2.45, 2.75) is 13.8 Å². The number of thiazole rings is 1. The summed E-state index contributed by atoms with van der Waals surface area (Å²) in [5.41, 5.74) is 5.82. The number of hydrogen-bond acceptors (Lipinski definition) is 5. The summed E-state index contributed by atoms with van der Waals surface area (Å²) in [5.74, 6) is 0.0542. The molecule has 2 aromatic carbocycles. The Kier molecular flexibility index (Phi) is 4.44. The van der Waals surface area contributed by atoms with Crippen LogP contribution < -0.4 is 0 Å². The van der Waals surface area contributed by atoms with Crippen molar-refractivity contribution < 1.29 is 5.11 Å². The van der Waals surface area contributed by atoms with Gasteiger partial charge in [-0.05, 0) is 32.0 Å². The third kappa shape index (κ3) is 3.09. The quantitative estimate of drug-likeness (QED) is 0.441. The lowest BCUT2D eigenvalue weighted by Crippen LogP contribution is -1.99. The molecule has 0 fully saturated rings. The van der Waals surface area contributed by atoms with E-state index in [2.05, 4.69) is 15.2 Å². The second-order valence-electron chi connectivity index (χ2n) is 7.00. The van der Waals surface area contributed by atoms with Gasteiger partial charge in [0.25, 0.3) is 0 Å². The molecule has 0 amide bonds. The average molecular weight is 414 g/mol. The van der Waals surface area contributed by atoms with Crippen molar-refractivity contribution >= 4 is 11.3 Å². The first-order valence-corrected chi connectivity index (χ1v) is 10.4. The summed E-state index contributed by atoms with van der Waals surface area (Å²) >= 11 is 1.44. The fourth-order valence-electron chi connectivity index (χ4n) is 3.49. The largest absolute Gasteiger partial charge is 0.493 e. The van der Waals surface area contributed by atoms with Crippen LogP contribution in [-0.2, 0) is 0 Å². The Bertz CT molecular complexity index is 1320. The van der Waals surface area contributed by atoms with Gasteiger partial charge >= 0.3 is 0 Å². The number of nitrogens with zero attached hydrogens (tertiary/aromatic N) is 5. The molecule has 5 aromatic rings. The molecule has 6 nitrogen and oxygen atoms in total. The molecule has 0 bridgehead atoms. The standard InChI is InChI=1S/C23H19N5OS/c1-15-13-20(27(25-15)18-11-7-4-8-12-18)21-16(2)26-28(22(21)29)23-24-19(14-30-23)17-9-5-3-6-10-17/h3-14,29H,1-2H3. The highest BCUT2D eigenvalue weighted by Crippen LogP contribution is 2.37. The third-order valence-corrected chi connectivity index (χ3v) is 5.68. The molecule has 0 aliphatic carbocycles. The van der Waals surface area contributed by atoms with Gasteiger partial charge in [0.15, 0.2) is 0 Å². The maximum atomic E-state index is 11.1. The molecule has 0 aliphatic rings. The fourth-order valence-corrected chi connectivity index (χ4v) is 4.28. The SMILES string of the molecule is Cc1cc(-c2c(C)nn(-c3nc(-c4ccccc4)cs3)c2O)n(-c2ccccc2)n1. The summed E-state index contributed by atoms with van der Waals surface area (Å²) < 4.78 is 3.33. The molecule has 0 atom stereocenters. The minimum atomic E-state index is 0.0542. The van der Waals surface area contributed by atoms with Crippen LogP contribution >= 0.6 is 11.3 Å². The topological polar surface area (TPSA) is 68.8 Å². The van der Waals surface area contributed by atoms with E-state index in [-0.39, 0.29) is 5.88 Å². The van der Waals surface area contributed by atoms with Crippen LogP contribution in [0.1, 0.15) is 11.4 Å². The van der Waals surface area contributed by atoms with E-state index in [1.807, 2.05) is 90.6 Å². The second kappa shape index (κ2) is 7.27. The number of rotatable bonds is 4. The minimum Gasteiger partial charge on any atom is -0.493 e. The van der Waals surface area contributed by atoms with E-state index in [9.17, 15) is 5.11 Å². The molecule has 3 aromatic heterocycles. The predicted molar refractivity (Wildman–Crippen MR) is 118 cm³/mol. The molecule has 7 heteroatoms. The van der Waals surface area contributed by atoms with E-state index in [1.54, 1.807) is 0 Å². The Hall–Kier alpha value is -3.71. The number of aromatic hydroxyl groups is 1. The summed E-state index contributed by atoms with van der Waals surface area (Å²) in [6, 6.07) is 21.8. The monoisotopic (exact) mass is 413 g/mol. The number of benzene rings is 2. The highest BCUT2D eigenvalue weighted by Gasteiger charge is 2.23. The van der Waals surface area contributed by atoms with E-state index in [0.717, 1.165) is 28.3 Å². The lowest BCUT2D eigenvalue weighted by molar-refractivity contribution is 0.434. The average Bonchev–Trinajstić information content (AvgIpc) is 3.47. The summed E-state index contributed by atoms with van der Waals surface area (Å²) in [5, 5.41) is 22.9. The minimum absolute atomic E-state index is 0.0542. The molecule has 0 saturated heterocycles. The van der Waals surface area contributed by atoms with Crippen molar-refractivity contribution in [1.29, 1.82) is 0 Å². The van der Waals surface area contributed by atoms with E-state index >= 15 is 0 Å². The number of aromatic nitrogens is 5. The molecule has 1 N–H and O–H groups in total. The van der Waals surface area contributed by atoms with Gasteiger partial charge in [-0.1, -0.05) is 48.5 Å².